The summed E-state index contributed by atoms with van der Waals surface area (Å²) in [7, 11) is 2.15. The molecule has 0 fully saturated rings. The molecule has 0 saturated carbocycles. The SMILES string of the molecule is Cc1cc(C)n(-c2cccc(CN(C)Cc3cc4n(n3)CCCNC4)c2)n1. The van der Waals surface area contributed by atoms with Crippen molar-refractivity contribution in [2.24, 2.45) is 0 Å². The molecule has 27 heavy (non-hydrogen) atoms. The van der Waals surface area contributed by atoms with Gasteiger partial charge in [-0.3, -0.25) is 9.58 Å². The third-order valence-electron chi connectivity index (χ3n) is 4.99. The Morgan fingerprint density at radius 1 is 1.11 bits per heavy atom. The summed E-state index contributed by atoms with van der Waals surface area (Å²) in [6, 6.07) is 13.0. The van der Waals surface area contributed by atoms with Gasteiger partial charge in [0.25, 0.3) is 0 Å². The van der Waals surface area contributed by atoms with E-state index in [1.807, 2.05) is 11.6 Å². The summed E-state index contributed by atoms with van der Waals surface area (Å²) in [5.74, 6) is 0. The number of rotatable bonds is 5. The Morgan fingerprint density at radius 2 is 2.00 bits per heavy atom. The molecule has 6 heteroatoms. The smallest absolute Gasteiger partial charge is 0.0768 e. The first-order valence-electron chi connectivity index (χ1n) is 9.66. The number of hydrogen-bond donors (Lipinski definition) is 1. The second kappa shape index (κ2) is 7.66. The molecule has 6 nitrogen and oxygen atoms in total. The third-order valence-corrected chi connectivity index (χ3v) is 4.99. The Hall–Kier alpha value is -2.44. The molecule has 1 aliphatic heterocycles. The lowest BCUT2D eigenvalue weighted by Crippen LogP contribution is -2.18. The zero-order valence-corrected chi connectivity index (χ0v) is 16.4. The van der Waals surface area contributed by atoms with E-state index in [-0.39, 0.29) is 0 Å². The quantitative estimate of drug-likeness (QED) is 0.756. The molecule has 0 bridgehead atoms. The number of nitrogens with zero attached hydrogens (tertiary/aromatic N) is 5. The van der Waals surface area contributed by atoms with E-state index in [1.165, 1.54) is 11.3 Å². The molecule has 0 atom stereocenters. The maximum absolute atomic E-state index is 4.79. The molecule has 3 heterocycles. The number of aryl methyl sites for hydroxylation is 3. The van der Waals surface area contributed by atoms with E-state index < -0.39 is 0 Å². The zero-order valence-electron chi connectivity index (χ0n) is 16.4. The Morgan fingerprint density at radius 3 is 2.81 bits per heavy atom. The number of hydrogen-bond acceptors (Lipinski definition) is 4. The van der Waals surface area contributed by atoms with E-state index in [2.05, 4.69) is 70.4 Å². The van der Waals surface area contributed by atoms with Gasteiger partial charge in [0, 0.05) is 31.9 Å². The first-order chi connectivity index (χ1) is 13.1. The summed E-state index contributed by atoms with van der Waals surface area (Å²) >= 11 is 0. The second-order valence-electron chi connectivity index (χ2n) is 7.56. The van der Waals surface area contributed by atoms with Crippen LogP contribution < -0.4 is 5.32 Å². The molecule has 2 aromatic heterocycles. The Kier molecular flexibility index (Phi) is 5.09. The molecule has 4 rings (SSSR count). The molecule has 1 aromatic carbocycles. The van der Waals surface area contributed by atoms with Crippen LogP contribution in [0.3, 0.4) is 0 Å². The van der Waals surface area contributed by atoms with Crippen molar-refractivity contribution >= 4 is 0 Å². The highest BCUT2D eigenvalue weighted by molar-refractivity contribution is 5.37. The van der Waals surface area contributed by atoms with Crippen LogP contribution in [0.5, 0.6) is 0 Å². The van der Waals surface area contributed by atoms with E-state index in [4.69, 9.17) is 5.10 Å². The van der Waals surface area contributed by atoms with Crippen LogP contribution in [0.25, 0.3) is 5.69 Å². The minimum absolute atomic E-state index is 0.851. The van der Waals surface area contributed by atoms with Crippen molar-refractivity contribution in [3.05, 3.63) is 64.7 Å². The zero-order chi connectivity index (χ0) is 18.8. The monoisotopic (exact) mass is 364 g/mol. The highest BCUT2D eigenvalue weighted by Gasteiger charge is 2.12. The lowest BCUT2D eigenvalue weighted by atomic mass is 10.2. The predicted molar refractivity (Wildman–Crippen MR) is 107 cm³/mol. The predicted octanol–water partition coefficient (Wildman–Crippen LogP) is 2.81. The Bertz CT molecular complexity index is 899. The molecule has 3 aromatic rings. The number of fused-ring (bicyclic) bond motifs is 1. The summed E-state index contributed by atoms with van der Waals surface area (Å²) < 4.78 is 4.17. The van der Waals surface area contributed by atoms with Crippen molar-refractivity contribution < 1.29 is 0 Å². The summed E-state index contributed by atoms with van der Waals surface area (Å²) in [4.78, 5) is 2.32. The van der Waals surface area contributed by atoms with Gasteiger partial charge in [0.2, 0.25) is 0 Å². The number of benzene rings is 1. The second-order valence-corrected chi connectivity index (χ2v) is 7.56. The van der Waals surface area contributed by atoms with Crippen LogP contribution in [-0.2, 0) is 26.2 Å². The van der Waals surface area contributed by atoms with Gasteiger partial charge < -0.3 is 5.32 Å². The van der Waals surface area contributed by atoms with Gasteiger partial charge in [0.1, 0.15) is 0 Å². The van der Waals surface area contributed by atoms with Crippen molar-refractivity contribution in [1.82, 2.24) is 29.8 Å². The first-order valence-corrected chi connectivity index (χ1v) is 9.66. The highest BCUT2D eigenvalue weighted by atomic mass is 15.3. The van der Waals surface area contributed by atoms with Crippen LogP contribution in [0, 0.1) is 13.8 Å². The molecule has 0 spiro atoms. The maximum Gasteiger partial charge on any atom is 0.0768 e. The third kappa shape index (κ3) is 4.12. The Balaban J connectivity index is 1.45. The van der Waals surface area contributed by atoms with Gasteiger partial charge in [-0.1, -0.05) is 12.1 Å². The molecular weight excluding hydrogens is 336 g/mol. The van der Waals surface area contributed by atoms with E-state index in [0.29, 0.717) is 0 Å². The van der Waals surface area contributed by atoms with Gasteiger partial charge in [0.05, 0.1) is 22.8 Å². The topological polar surface area (TPSA) is 50.9 Å². The van der Waals surface area contributed by atoms with E-state index in [1.54, 1.807) is 0 Å². The average molecular weight is 364 g/mol. The average Bonchev–Trinajstić information content (AvgIpc) is 3.09. The molecule has 1 aliphatic rings. The molecular formula is C21H28N6. The largest absolute Gasteiger partial charge is 0.311 e. The fraction of sp³-hybridized carbons (Fsp3) is 0.429. The van der Waals surface area contributed by atoms with Crippen LogP contribution in [0.15, 0.2) is 36.4 Å². The van der Waals surface area contributed by atoms with E-state index >= 15 is 0 Å². The van der Waals surface area contributed by atoms with Crippen LogP contribution in [0.2, 0.25) is 0 Å². The first kappa shape index (κ1) is 17.9. The molecule has 142 valence electrons. The van der Waals surface area contributed by atoms with Crippen molar-refractivity contribution in [2.45, 2.75) is 46.4 Å². The van der Waals surface area contributed by atoms with Crippen molar-refractivity contribution in [1.29, 1.82) is 0 Å². The molecule has 0 saturated heterocycles. The van der Waals surface area contributed by atoms with Crippen molar-refractivity contribution in [3.63, 3.8) is 0 Å². The summed E-state index contributed by atoms with van der Waals surface area (Å²) in [6.07, 6.45) is 1.14. The fourth-order valence-electron chi connectivity index (χ4n) is 3.82. The van der Waals surface area contributed by atoms with Gasteiger partial charge in [-0.25, -0.2) is 4.68 Å². The minimum atomic E-state index is 0.851. The van der Waals surface area contributed by atoms with E-state index in [9.17, 15) is 0 Å². The summed E-state index contributed by atoms with van der Waals surface area (Å²) in [6.45, 7) is 8.86. The molecule has 0 aliphatic carbocycles. The highest BCUT2D eigenvalue weighted by Crippen LogP contribution is 2.16. The number of aromatic nitrogens is 4. The van der Waals surface area contributed by atoms with Crippen LogP contribution in [0.4, 0.5) is 0 Å². The number of nitrogens with one attached hydrogen (secondary N) is 1. The van der Waals surface area contributed by atoms with Gasteiger partial charge in [-0.2, -0.15) is 10.2 Å². The normalized spacial score (nSPS) is 14.4. The summed E-state index contributed by atoms with van der Waals surface area (Å²) in [5, 5.41) is 12.8. The summed E-state index contributed by atoms with van der Waals surface area (Å²) in [5.41, 5.74) is 7.04. The van der Waals surface area contributed by atoms with Crippen molar-refractivity contribution in [2.75, 3.05) is 13.6 Å². The van der Waals surface area contributed by atoms with Gasteiger partial charge in [-0.05, 0) is 63.7 Å². The van der Waals surface area contributed by atoms with Crippen LogP contribution in [-0.4, -0.2) is 38.1 Å². The molecule has 0 radical (unpaired) electrons. The van der Waals surface area contributed by atoms with Crippen molar-refractivity contribution in [3.8, 4) is 5.69 Å². The standard InChI is InChI=1S/C21H28N6/c1-16-10-17(2)27(23-16)20-7-4-6-18(11-20)14-25(3)15-19-12-21-13-22-8-5-9-26(21)24-19/h4,6-7,10-12,22H,5,8-9,13-15H2,1-3H3. The van der Waals surface area contributed by atoms with Gasteiger partial charge in [0.15, 0.2) is 0 Å². The fourth-order valence-corrected chi connectivity index (χ4v) is 3.82. The maximum atomic E-state index is 4.79. The lowest BCUT2D eigenvalue weighted by Gasteiger charge is -2.16. The van der Waals surface area contributed by atoms with Crippen LogP contribution >= 0.6 is 0 Å². The minimum Gasteiger partial charge on any atom is -0.311 e. The molecule has 0 amide bonds. The van der Waals surface area contributed by atoms with Gasteiger partial charge in [-0.15, -0.1) is 0 Å². The van der Waals surface area contributed by atoms with Gasteiger partial charge >= 0.3 is 0 Å². The Labute approximate surface area is 160 Å². The lowest BCUT2D eigenvalue weighted by molar-refractivity contribution is 0.313. The van der Waals surface area contributed by atoms with E-state index in [0.717, 1.165) is 61.9 Å². The molecule has 1 N–H and O–H groups in total. The van der Waals surface area contributed by atoms with Crippen LogP contribution in [0.1, 0.15) is 34.8 Å². The molecule has 0 unspecified atom stereocenters.